The Kier molecular flexibility index (Phi) is 25.5. The SMILES string of the molecule is CC(C)CCCCCn1nncc1CC(C)C.CC(C)CCCCCn1nncc1CC(C)C.CC(C)CCCCn1nncc1CCC(C)C. The second kappa shape index (κ2) is 28.0. The molecule has 0 spiro atoms. The van der Waals surface area contributed by atoms with E-state index in [0.29, 0.717) is 11.8 Å². The largest absolute Gasteiger partial charge is 0.249 e. The van der Waals surface area contributed by atoms with Crippen LogP contribution in [-0.2, 0) is 38.9 Å². The van der Waals surface area contributed by atoms with Crippen LogP contribution in [0, 0.1) is 35.5 Å². The summed E-state index contributed by atoms with van der Waals surface area (Å²) in [6.07, 6.45) is 24.5. The van der Waals surface area contributed by atoms with Crippen LogP contribution >= 0.6 is 0 Å². The van der Waals surface area contributed by atoms with Gasteiger partial charge in [0.2, 0.25) is 0 Å². The summed E-state index contributed by atoms with van der Waals surface area (Å²) in [6, 6.07) is 0. The van der Waals surface area contributed by atoms with Crippen LogP contribution < -0.4 is 0 Å². The number of hydrogen-bond donors (Lipinski definition) is 0. The van der Waals surface area contributed by atoms with Gasteiger partial charge in [-0.15, -0.1) is 15.3 Å². The van der Waals surface area contributed by atoms with Gasteiger partial charge in [-0.25, -0.2) is 14.0 Å². The van der Waals surface area contributed by atoms with Crippen molar-refractivity contribution in [1.29, 1.82) is 0 Å². The summed E-state index contributed by atoms with van der Waals surface area (Å²) < 4.78 is 6.24. The molecule has 0 saturated heterocycles. The second-order valence-electron chi connectivity index (χ2n) is 17.3. The van der Waals surface area contributed by atoms with Gasteiger partial charge in [0.05, 0.1) is 35.7 Å². The van der Waals surface area contributed by atoms with Crippen LogP contribution in [0.1, 0.15) is 177 Å². The van der Waals surface area contributed by atoms with E-state index in [1.807, 2.05) is 18.6 Å². The highest BCUT2D eigenvalue weighted by Gasteiger charge is 2.08. The quantitative estimate of drug-likeness (QED) is 0.0859. The zero-order chi connectivity index (χ0) is 38.0. The molecule has 3 heterocycles. The van der Waals surface area contributed by atoms with Gasteiger partial charge in [-0.1, -0.05) is 150 Å². The summed E-state index contributed by atoms with van der Waals surface area (Å²) in [7, 11) is 0. The Bertz CT molecular complexity index is 1140. The van der Waals surface area contributed by atoms with Crippen molar-refractivity contribution in [2.45, 2.75) is 199 Å². The minimum Gasteiger partial charge on any atom is -0.249 e. The fraction of sp³-hybridized carbons (Fsp3) is 0.857. The predicted molar refractivity (Wildman–Crippen MR) is 216 cm³/mol. The average Bonchev–Trinajstić information content (AvgIpc) is 3.80. The van der Waals surface area contributed by atoms with Crippen LogP contribution in [0.3, 0.4) is 0 Å². The molecule has 0 radical (unpaired) electrons. The van der Waals surface area contributed by atoms with Crippen LogP contribution in [0.5, 0.6) is 0 Å². The van der Waals surface area contributed by atoms with E-state index in [9.17, 15) is 0 Å². The lowest BCUT2D eigenvalue weighted by atomic mass is 10.1. The number of unbranched alkanes of at least 4 members (excludes halogenated alkanes) is 5. The Morgan fingerprint density at radius 3 is 1.04 bits per heavy atom. The molecule has 0 N–H and O–H groups in total. The van der Waals surface area contributed by atoms with Gasteiger partial charge in [0.15, 0.2) is 0 Å². The van der Waals surface area contributed by atoms with Crippen molar-refractivity contribution in [3.8, 4) is 0 Å². The molecule has 3 aromatic heterocycles. The van der Waals surface area contributed by atoms with Crippen LogP contribution in [0.4, 0.5) is 0 Å². The third-order valence-corrected chi connectivity index (χ3v) is 9.01. The molecule has 0 unspecified atom stereocenters. The standard InChI is InChI=1S/3C14H27N3/c1-12(2)7-5-6-10-17-14(11-15-16-17)9-8-13(3)4;2*1-12(2)8-6-5-7-9-17-14(10-13(3)4)11-15-16-17/h3*11-13H,5-10H2,1-4H3. The summed E-state index contributed by atoms with van der Waals surface area (Å²) in [5.41, 5.74) is 3.86. The Labute approximate surface area is 314 Å². The van der Waals surface area contributed by atoms with Crippen molar-refractivity contribution in [3.63, 3.8) is 0 Å². The molecule has 51 heavy (non-hydrogen) atoms. The average molecular weight is 712 g/mol. The highest BCUT2D eigenvalue weighted by Crippen LogP contribution is 2.13. The first-order chi connectivity index (χ1) is 24.3. The molecule has 3 aromatic rings. The van der Waals surface area contributed by atoms with E-state index in [1.54, 1.807) is 0 Å². The van der Waals surface area contributed by atoms with E-state index in [4.69, 9.17) is 0 Å². The first-order valence-electron chi connectivity index (χ1n) is 20.9. The number of rotatable bonds is 24. The Morgan fingerprint density at radius 1 is 0.373 bits per heavy atom. The lowest BCUT2D eigenvalue weighted by Gasteiger charge is -2.08. The van der Waals surface area contributed by atoms with E-state index in [2.05, 4.69) is 128 Å². The maximum absolute atomic E-state index is 4.18. The highest BCUT2D eigenvalue weighted by molar-refractivity contribution is 4.96. The minimum absolute atomic E-state index is 0.674. The van der Waals surface area contributed by atoms with E-state index in [1.165, 1.54) is 94.1 Å². The molecule has 294 valence electrons. The Balaban J connectivity index is 0.000000382. The van der Waals surface area contributed by atoms with E-state index in [-0.39, 0.29) is 0 Å². The van der Waals surface area contributed by atoms with Crippen molar-refractivity contribution in [2.75, 3.05) is 0 Å². The first kappa shape index (κ1) is 46.4. The molecule has 0 aliphatic carbocycles. The highest BCUT2D eigenvalue weighted by atomic mass is 15.4. The van der Waals surface area contributed by atoms with E-state index < -0.39 is 0 Å². The number of aryl methyl sites for hydroxylation is 4. The van der Waals surface area contributed by atoms with Crippen LogP contribution in [0.25, 0.3) is 0 Å². The topological polar surface area (TPSA) is 92.1 Å². The fourth-order valence-electron chi connectivity index (χ4n) is 5.98. The summed E-state index contributed by atoms with van der Waals surface area (Å²) in [5, 5.41) is 24.6. The van der Waals surface area contributed by atoms with Crippen LogP contribution in [0.2, 0.25) is 0 Å². The lowest BCUT2D eigenvalue weighted by Crippen LogP contribution is -2.07. The maximum Gasteiger partial charge on any atom is 0.0725 e. The Morgan fingerprint density at radius 2 is 0.686 bits per heavy atom. The monoisotopic (exact) mass is 712 g/mol. The molecule has 0 amide bonds. The number of nitrogens with zero attached hydrogens (tertiary/aromatic N) is 9. The molecule has 9 heteroatoms. The predicted octanol–water partition coefficient (Wildman–Crippen LogP) is 11.1. The normalized spacial score (nSPS) is 11.6. The second-order valence-corrected chi connectivity index (χ2v) is 17.3. The maximum atomic E-state index is 4.18. The molecule has 9 nitrogen and oxygen atoms in total. The third kappa shape index (κ3) is 24.3. The van der Waals surface area contributed by atoms with Gasteiger partial charge in [0, 0.05) is 19.6 Å². The third-order valence-electron chi connectivity index (χ3n) is 9.01. The smallest absolute Gasteiger partial charge is 0.0725 e. The summed E-state index contributed by atoms with van der Waals surface area (Å²) in [5.74, 6) is 4.57. The summed E-state index contributed by atoms with van der Waals surface area (Å²) >= 11 is 0. The van der Waals surface area contributed by atoms with Crippen molar-refractivity contribution in [3.05, 3.63) is 35.7 Å². The van der Waals surface area contributed by atoms with Crippen LogP contribution in [-0.4, -0.2) is 45.0 Å². The first-order valence-corrected chi connectivity index (χ1v) is 20.9. The zero-order valence-electron chi connectivity index (χ0n) is 35.4. The molecule has 0 aliphatic heterocycles. The lowest BCUT2D eigenvalue weighted by molar-refractivity contribution is 0.470. The van der Waals surface area contributed by atoms with Crippen molar-refractivity contribution in [2.24, 2.45) is 35.5 Å². The summed E-state index contributed by atoms with van der Waals surface area (Å²) in [4.78, 5) is 0. The molecule has 0 fully saturated rings. The van der Waals surface area contributed by atoms with Gasteiger partial charge in [-0.05, 0) is 80.5 Å². The molecular formula is C42H81N9. The molecule has 0 bridgehead atoms. The van der Waals surface area contributed by atoms with Gasteiger partial charge in [0.1, 0.15) is 0 Å². The van der Waals surface area contributed by atoms with E-state index >= 15 is 0 Å². The Hall–Kier alpha value is -2.58. The van der Waals surface area contributed by atoms with Gasteiger partial charge in [-0.2, -0.15) is 0 Å². The van der Waals surface area contributed by atoms with Crippen LogP contribution in [0.15, 0.2) is 18.6 Å². The number of aromatic nitrogens is 9. The van der Waals surface area contributed by atoms with Gasteiger partial charge in [0.25, 0.3) is 0 Å². The molecule has 0 aliphatic rings. The zero-order valence-corrected chi connectivity index (χ0v) is 35.4. The van der Waals surface area contributed by atoms with Gasteiger partial charge < -0.3 is 0 Å². The molecule has 0 saturated carbocycles. The van der Waals surface area contributed by atoms with Gasteiger partial charge >= 0.3 is 0 Å². The molecule has 3 rings (SSSR count). The molecule has 0 aromatic carbocycles. The minimum atomic E-state index is 0.674. The van der Waals surface area contributed by atoms with Crippen molar-refractivity contribution in [1.82, 2.24) is 45.0 Å². The van der Waals surface area contributed by atoms with Gasteiger partial charge in [-0.3, -0.25) is 0 Å². The number of hydrogen-bond acceptors (Lipinski definition) is 6. The van der Waals surface area contributed by atoms with Crippen molar-refractivity contribution >= 4 is 0 Å². The summed E-state index contributed by atoms with van der Waals surface area (Å²) in [6.45, 7) is 30.3. The fourth-order valence-corrected chi connectivity index (χ4v) is 5.98. The molecule has 0 atom stereocenters. The molecular weight excluding hydrogens is 631 g/mol. The van der Waals surface area contributed by atoms with E-state index in [0.717, 1.165) is 62.6 Å². The van der Waals surface area contributed by atoms with Crippen molar-refractivity contribution < 1.29 is 0 Å².